The van der Waals surface area contributed by atoms with Crippen LogP contribution in [0.25, 0.3) is 0 Å². The van der Waals surface area contributed by atoms with Crippen LogP contribution in [0.15, 0.2) is 24.3 Å². The number of benzene rings is 1. The Morgan fingerprint density at radius 2 is 1.71 bits per heavy atom. The van der Waals surface area contributed by atoms with E-state index in [-0.39, 0.29) is 11.2 Å². The van der Waals surface area contributed by atoms with E-state index in [1.165, 1.54) is 5.56 Å². The molecule has 0 aromatic heterocycles. The van der Waals surface area contributed by atoms with Gasteiger partial charge in [0.1, 0.15) is 0 Å². The molecule has 0 N–H and O–H groups in total. The summed E-state index contributed by atoms with van der Waals surface area (Å²) >= 11 is 0. The van der Waals surface area contributed by atoms with Crippen molar-refractivity contribution in [2.45, 2.75) is 52.9 Å². The average Bonchev–Trinajstić information content (AvgIpc) is 2.28. The van der Waals surface area contributed by atoms with E-state index < -0.39 is 0 Å². The van der Waals surface area contributed by atoms with Crippen molar-refractivity contribution in [2.24, 2.45) is 5.92 Å². The first kappa shape index (κ1) is 14.0. The van der Waals surface area contributed by atoms with E-state index in [9.17, 15) is 4.79 Å². The molecule has 0 fully saturated rings. The minimum absolute atomic E-state index is 0.194. The summed E-state index contributed by atoms with van der Waals surface area (Å²) < 4.78 is 0. The van der Waals surface area contributed by atoms with E-state index in [4.69, 9.17) is 0 Å². The molecule has 17 heavy (non-hydrogen) atoms. The molecule has 0 aliphatic carbocycles. The van der Waals surface area contributed by atoms with Crippen molar-refractivity contribution in [3.63, 3.8) is 0 Å². The van der Waals surface area contributed by atoms with Crippen molar-refractivity contribution in [2.75, 3.05) is 0 Å². The zero-order valence-electron chi connectivity index (χ0n) is 11.7. The van der Waals surface area contributed by atoms with Crippen molar-refractivity contribution in [1.29, 1.82) is 0 Å². The van der Waals surface area contributed by atoms with Crippen LogP contribution in [0.4, 0.5) is 0 Å². The summed E-state index contributed by atoms with van der Waals surface area (Å²) in [5.41, 5.74) is 2.34. The fourth-order valence-corrected chi connectivity index (χ4v) is 1.80. The lowest BCUT2D eigenvalue weighted by Gasteiger charge is -2.23. The predicted octanol–water partition coefficient (Wildman–Crippen LogP) is 4.60. The van der Waals surface area contributed by atoms with E-state index in [1.54, 1.807) is 0 Å². The molecule has 94 valence electrons. The molecule has 0 radical (unpaired) electrons. The molecule has 1 aromatic carbocycles. The van der Waals surface area contributed by atoms with Gasteiger partial charge in [-0.1, -0.05) is 58.9 Å². The number of carbonyl (C=O) groups excluding carboxylic acids is 1. The summed E-state index contributed by atoms with van der Waals surface area (Å²) in [5.74, 6) is 0.676. The van der Waals surface area contributed by atoms with Crippen LogP contribution in [0.3, 0.4) is 0 Å². The molecule has 1 heteroatoms. The lowest BCUT2D eigenvalue weighted by atomic mass is 9.82. The lowest BCUT2D eigenvalue weighted by Crippen LogP contribution is -2.15. The van der Waals surface area contributed by atoms with Crippen LogP contribution in [0.5, 0.6) is 0 Å². The largest absolute Gasteiger partial charge is 0.294 e. The molecule has 1 nitrogen and oxygen atoms in total. The maximum atomic E-state index is 11.9. The third-order valence-corrected chi connectivity index (χ3v) is 3.47. The first-order chi connectivity index (χ1) is 7.86. The molecule has 0 saturated heterocycles. The zero-order chi connectivity index (χ0) is 13.1. The molecule has 0 aliphatic rings. The van der Waals surface area contributed by atoms with Crippen LogP contribution in [-0.4, -0.2) is 5.78 Å². The molecular formula is C16H24O. The Labute approximate surface area is 105 Å². The summed E-state index contributed by atoms with van der Waals surface area (Å²) in [4.78, 5) is 11.9. The molecule has 1 rings (SSSR count). The highest BCUT2D eigenvalue weighted by molar-refractivity contribution is 5.96. The van der Waals surface area contributed by atoms with Gasteiger partial charge in [0.15, 0.2) is 5.78 Å². The third-order valence-electron chi connectivity index (χ3n) is 3.47. The molecule has 0 amide bonds. The van der Waals surface area contributed by atoms with Crippen molar-refractivity contribution in [3.8, 4) is 0 Å². The van der Waals surface area contributed by atoms with Crippen molar-refractivity contribution in [3.05, 3.63) is 35.4 Å². The first-order valence-electron chi connectivity index (χ1n) is 6.50. The molecule has 0 unspecified atom stereocenters. The minimum atomic E-state index is 0.194. The lowest BCUT2D eigenvalue weighted by molar-refractivity contribution is 0.0968. The maximum absolute atomic E-state index is 11.9. The Morgan fingerprint density at radius 3 is 2.12 bits per heavy atom. The predicted molar refractivity (Wildman–Crippen MR) is 73.5 cm³/mol. The second-order valence-electron chi connectivity index (χ2n) is 5.84. The van der Waals surface area contributed by atoms with Crippen molar-refractivity contribution < 1.29 is 4.79 Å². The van der Waals surface area contributed by atoms with Gasteiger partial charge < -0.3 is 0 Å². The Kier molecular flexibility index (Phi) is 4.50. The van der Waals surface area contributed by atoms with Gasteiger partial charge in [0, 0.05) is 12.0 Å². The van der Waals surface area contributed by atoms with E-state index in [1.807, 2.05) is 12.1 Å². The van der Waals surface area contributed by atoms with Gasteiger partial charge in [-0.05, 0) is 23.3 Å². The Morgan fingerprint density at radius 1 is 1.18 bits per heavy atom. The standard InChI is InChI=1S/C16H24O/c1-6-16(4,5)14-9-7-13(8-10-14)15(17)11-12(2)3/h7-10,12H,6,11H2,1-5H3. The molecule has 0 bridgehead atoms. The van der Waals surface area contributed by atoms with Crippen LogP contribution < -0.4 is 0 Å². The molecule has 0 aliphatic heterocycles. The van der Waals surface area contributed by atoms with Crippen LogP contribution in [-0.2, 0) is 5.41 Å². The SMILES string of the molecule is CCC(C)(C)c1ccc(C(=O)CC(C)C)cc1. The second kappa shape index (κ2) is 5.48. The fourth-order valence-electron chi connectivity index (χ4n) is 1.80. The fraction of sp³-hybridized carbons (Fsp3) is 0.562. The molecule has 0 saturated carbocycles. The van der Waals surface area contributed by atoms with Crippen molar-refractivity contribution in [1.82, 2.24) is 0 Å². The summed E-state index contributed by atoms with van der Waals surface area (Å²) in [7, 11) is 0. The average molecular weight is 232 g/mol. The summed E-state index contributed by atoms with van der Waals surface area (Å²) in [6.45, 7) is 10.8. The number of hydrogen-bond acceptors (Lipinski definition) is 1. The van der Waals surface area contributed by atoms with Crippen molar-refractivity contribution >= 4 is 5.78 Å². The molecule has 0 spiro atoms. The van der Waals surface area contributed by atoms with Gasteiger partial charge in [0.05, 0.1) is 0 Å². The van der Waals surface area contributed by atoms with Gasteiger partial charge in [-0.25, -0.2) is 0 Å². The Hall–Kier alpha value is -1.11. The highest BCUT2D eigenvalue weighted by Gasteiger charge is 2.18. The Bertz CT molecular complexity index is 371. The van der Waals surface area contributed by atoms with Gasteiger partial charge in [0.25, 0.3) is 0 Å². The maximum Gasteiger partial charge on any atom is 0.163 e. The summed E-state index contributed by atoms with van der Waals surface area (Å²) in [5, 5.41) is 0. The number of carbonyl (C=O) groups is 1. The quantitative estimate of drug-likeness (QED) is 0.678. The van der Waals surface area contributed by atoms with Crippen LogP contribution in [0, 0.1) is 5.92 Å². The van der Waals surface area contributed by atoms with Crippen LogP contribution in [0.2, 0.25) is 0 Å². The number of Topliss-reactive ketones (excluding diaryl/α,β-unsaturated/α-hetero) is 1. The van der Waals surface area contributed by atoms with E-state index in [0.29, 0.717) is 12.3 Å². The van der Waals surface area contributed by atoms with Crippen LogP contribution >= 0.6 is 0 Å². The monoisotopic (exact) mass is 232 g/mol. The van der Waals surface area contributed by atoms with Gasteiger partial charge in [-0.15, -0.1) is 0 Å². The highest BCUT2D eigenvalue weighted by Crippen LogP contribution is 2.26. The number of hydrogen-bond donors (Lipinski definition) is 0. The number of ketones is 1. The van der Waals surface area contributed by atoms with Gasteiger partial charge in [0.2, 0.25) is 0 Å². The number of rotatable bonds is 5. The molecule has 1 aromatic rings. The summed E-state index contributed by atoms with van der Waals surface area (Å²) in [6.07, 6.45) is 1.74. The Balaban J connectivity index is 2.85. The van der Waals surface area contributed by atoms with Gasteiger partial charge >= 0.3 is 0 Å². The molecule has 0 heterocycles. The van der Waals surface area contributed by atoms with Crippen LogP contribution in [0.1, 0.15) is 63.4 Å². The van der Waals surface area contributed by atoms with E-state index >= 15 is 0 Å². The normalized spacial score (nSPS) is 11.9. The zero-order valence-corrected chi connectivity index (χ0v) is 11.7. The molecular weight excluding hydrogens is 208 g/mol. The summed E-state index contributed by atoms with van der Waals surface area (Å²) in [6, 6.07) is 8.13. The smallest absolute Gasteiger partial charge is 0.163 e. The minimum Gasteiger partial charge on any atom is -0.294 e. The van der Waals surface area contributed by atoms with Gasteiger partial charge in [-0.2, -0.15) is 0 Å². The van der Waals surface area contributed by atoms with Gasteiger partial charge in [-0.3, -0.25) is 4.79 Å². The second-order valence-corrected chi connectivity index (χ2v) is 5.84. The van der Waals surface area contributed by atoms with E-state index in [2.05, 4.69) is 46.8 Å². The third kappa shape index (κ3) is 3.69. The van der Waals surface area contributed by atoms with E-state index in [0.717, 1.165) is 12.0 Å². The first-order valence-corrected chi connectivity index (χ1v) is 6.50. The topological polar surface area (TPSA) is 17.1 Å². The molecule has 0 atom stereocenters. The highest BCUT2D eigenvalue weighted by atomic mass is 16.1.